The van der Waals surface area contributed by atoms with Crippen LogP contribution in [-0.4, -0.2) is 7.05 Å². The Morgan fingerprint density at radius 3 is 2.78 bits per heavy atom. The molecule has 18 heavy (non-hydrogen) atoms. The molecule has 0 saturated heterocycles. The Kier molecular flexibility index (Phi) is 4.54. The maximum Gasteiger partial charge on any atom is 0.131 e. The maximum atomic E-state index is 13.8. The van der Waals surface area contributed by atoms with Gasteiger partial charge in [-0.1, -0.05) is 22.9 Å². The van der Waals surface area contributed by atoms with Crippen LogP contribution in [0, 0.1) is 5.82 Å². The van der Waals surface area contributed by atoms with Crippen LogP contribution in [0.1, 0.15) is 24.3 Å². The summed E-state index contributed by atoms with van der Waals surface area (Å²) in [5, 5.41) is 3.27. The molecule has 1 atom stereocenters. The Morgan fingerprint density at radius 1 is 1.33 bits per heavy atom. The van der Waals surface area contributed by atoms with E-state index in [-0.39, 0.29) is 5.82 Å². The van der Waals surface area contributed by atoms with E-state index in [4.69, 9.17) is 0 Å². The summed E-state index contributed by atoms with van der Waals surface area (Å²) in [7, 11) is 1.95. The minimum atomic E-state index is -0.177. The second-order valence-corrected chi connectivity index (χ2v) is 6.11. The lowest BCUT2D eigenvalue weighted by Gasteiger charge is -2.10. The van der Waals surface area contributed by atoms with Crippen molar-refractivity contribution in [3.05, 3.63) is 45.5 Å². The Hall–Kier alpha value is -0.710. The molecular formula is C14H15BrFNS. The zero-order valence-corrected chi connectivity index (χ0v) is 12.7. The van der Waals surface area contributed by atoms with Gasteiger partial charge in [-0.3, -0.25) is 0 Å². The summed E-state index contributed by atoms with van der Waals surface area (Å²) in [5.74, 6) is -0.177. The van der Waals surface area contributed by atoms with Crippen LogP contribution in [0.3, 0.4) is 0 Å². The number of hydrogen-bond acceptors (Lipinski definition) is 2. The molecule has 1 aromatic carbocycles. The molecule has 0 fully saturated rings. The molecule has 2 aromatic rings. The van der Waals surface area contributed by atoms with Crippen LogP contribution in [-0.2, 0) is 0 Å². The van der Waals surface area contributed by atoms with Crippen molar-refractivity contribution in [3.63, 3.8) is 0 Å². The first-order valence-corrected chi connectivity index (χ1v) is 7.49. The van der Waals surface area contributed by atoms with E-state index in [0.717, 1.165) is 15.8 Å². The molecule has 1 N–H and O–H groups in total. The summed E-state index contributed by atoms with van der Waals surface area (Å²) in [6.45, 7) is 2.14. The third-order valence-electron chi connectivity index (χ3n) is 2.92. The van der Waals surface area contributed by atoms with Gasteiger partial charge in [-0.2, -0.15) is 0 Å². The summed E-state index contributed by atoms with van der Waals surface area (Å²) in [5.41, 5.74) is 0.659. The first kappa shape index (κ1) is 13.7. The van der Waals surface area contributed by atoms with E-state index in [1.54, 1.807) is 17.4 Å². The van der Waals surface area contributed by atoms with Crippen molar-refractivity contribution < 1.29 is 4.39 Å². The molecule has 1 heterocycles. The molecule has 0 aliphatic rings. The lowest BCUT2D eigenvalue weighted by atomic mass is 10.1. The Bertz CT molecular complexity index is 534. The number of thiophene rings is 1. The molecule has 0 amide bonds. The van der Waals surface area contributed by atoms with Gasteiger partial charge in [-0.25, -0.2) is 4.39 Å². The molecule has 0 spiro atoms. The van der Waals surface area contributed by atoms with E-state index in [9.17, 15) is 4.39 Å². The predicted octanol–water partition coefficient (Wildman–Crippen LogP) is 4.99. The molecular weight excluding hydrogens is 313 g/mol. The van der Waals surface area contributed by atoms with E-state index in [1.807, 2.05) is 19.2 Å². The molecule has 0 aliphatic heterocycles. The zero-order chi connectivity index (χ0) is 13.1. The van der Waals surface area contributed by atoms with Gasteiger partial charge < -0.3 is 5.32 Å². The van der Waals surface area contributed by atoms with E-state index in [1.165, 1.54) is 10.9 Å². The van der Waals surface area contributed by atoms with Crippen molar-refractivity contribution in [2.75, 3.05) is 7.05 Å². The molecule has 0 aliphatic carbocycles. The number of benzene rings is 1. The highest BCUT2D eigenvalue weighted by Gasteiger charge is 2.13. The van der Waals surface area contributed by atoms with Gasteiger partial charge in [0.1, 0.15) is 5.82 Å². The third-order valence-corrected chi connectivity index (χ3v) is 4.65. The second-order valence-electron chi connectivity index (χ2n) is 4.08. The maximum absolute atomic E-state index is 13.8. The largest absolute Gasteiger partial charge is 0.312 e. The quantitative estimate of drug-likeness (QED) is 0.834. The molecule has 0 radical (unpaired) electrons. The fourth-order valence-electron chi connectivity index (χ4n) is 1.92. The zero-order valence-electron chi connectivity index (χ0n) is 10.3. The average Bonchev–Trinajstić information content (AvgIpc) is 2.83. The van der Waals surface area contributed by atoms with E-state index in [0.29, 0.717) is 11.6 Å². The van der Waals surface area contributed by atoms with Crippen molar-refractivity contribution in [1.29, 1.82) is 0 Å². The molecule has 96 valence electrons. The monoisotopic (exact) mass is 327 g/mol. The summed E-state index contributed by atoms with van der Waals surface area (Å²) in [4.78, 5) is 2.21. The highest BCUT2D eigenvalue weighted by molar-refractivity contribution is 9.10. The number of hydrogen-bond donors (Lipinski definition) is 1. The van der Waals surface area contributed by atoms with Crippen molar-refractivity contribution in [3.8, 4) is 10.4 Å². The molecule has 1 nitrogen and oxygen atoms in total. The highest BCUT2D eigenvalue weighted by Crippen LogP contribution is 2.34. The van der Waals surface area contributed by atoms with Crippen LogP contribution >= 0.6 is 27.3 Å². The lowest BCUT2D eigenvalue weighted by molar-refractivity contribution is 0.586. The van der Waals surface area contributed by atoms with Crippen molar-refractivity contribution in [2.45, 2.75) is 19.4 Å². The fourth-order valence-corrected chi connectivity index (χ4v) is 3.50. The Labute approximate surface area is 119 Å². The normalized spacial score (nSPS) is 12.7. The molecule has 0 saturated carbocycles. The number of rotatable bonds is 4. The van der Waals surface area contributed by atoms with Crippen molar-refractivity contribution in [2.24, 2.45) is 0 Å². The van der Waals surface area contributed by atoms with Crippen LogP contribution in [0.5, 0.6) is 0 Å². The van der Waals surface area contributed by atoms with E-state index >= 15 is 0 Å². The molecule has 1 aromatic heterocycles. The Balaban J connectivity index is 2.37. The second kappa shape index (κ2) is 5.95. The summed E-state index contributed by atoms with van der Waals surface area (Å²) < 4.78 is 14.7. The van der Waals surface area contributed by atoms with Crippen LogP contribution < -0.4 is 5.32 Å². The van der Waals surface area contributed by atoms with Crippen molar-refractivity contribution >= 4 is 27.3 Å². The average molecular weight is 328 g/mol. The molecule has 2 rings (SSSR count). The lowest BCUT2D eigenvalue weighted by Crippen LogP contribution is -2.13. The van der Waals surface area contributed by atoms with Gasteiger partial charge in [0.2, 0.25) is 0 Å². The van der Waals surface area contributed by atoms with Crippen LogP contribution in [0.4, 0.5) is 4.39 Å². The van der Waals surface area contributed by atoms with Crippen molar-refractivity contribution in [1.82, 2.24) is 5.32 Å². The first-order chi connectivity index (χ1) is 8.65. The van der Waals surface area contributed by atoms with Crippen LogP contribution in [0.15, 0.2) is 34.8 Å². The predicted molar refractivity (Wildman–Crippen MR) is 79.5 cm³/mol. The van der Waals surface area contributed by atoms with Gasteiger partial charge in [0.15, 0.2) is 0 Å². The third kappa shape index (κ3) is 2.82. The number of nitrogens with one attached hydrogen (secondary N) is 1. The minimum absolute atomic E-state index is 0.177. The fraction of sp³-hybridized carbons (Fsp3) is 0.286. The van der Waals surface area contributed by atoms with E-state index < -0.39 is 0 Å². The highest BCUT2D eigenvalue weighted by atomic mass is 79.9. The van der Waals surface area contributed by atoms with Gasteiger partial charge in [0, 0.05) is 25.8 Å². The van der Waals surface area contributed by atoms with Gasteiger partial charge in [-0.15, -0.1) is 11.3 Å². The van der Waals surface area contributed by atoms with Gasteiger partial charge in [0.05, 0.1) is 0 Å². The standard InChI is InChI=1S/C14H15BrFNS/c1-3-12(17-2)14-7-6-13(18-14)10-8-9(15)4-5-11(10)16/h4-8,12,17H,3H2,1-2H3. The van der Waals surface area contributed by atoms with Crippen LogP contribution in [0.2, 0.25) is 0 Å². The first-order valence-electron chi connectivity index (χ1n) is 5.88. The smallest absolute Gasteiger partial charge is 0.131 e. The van der Waals surface area contributed by atoms with Crippen LogP contribution in [0.25, 0.3) is 10.4 Å². The topological polar surface area (TPSA) is 12.0 Å². The van der Waals surface area contributed by atoms with Gasteiger partial charge in [-0.05, 0) is 43.8 Å². The van der Waals surface area contributed by atoms with Gasteiger partial charge in [0.25, 0.3) is 0 Å². The minimum Gasteiger partial charge on any atom is -0.312 e. The summed E-state index contributed by atoms with van der Waals surface area (Å²) in [6.07, 6.45) is 1.03. The van der Waals surface area contributed by atoms with E-state index in [2.05, 4.69) is 34.2 Å². The number of halogens is 2. The Morgan fingerprint density at radius 2 is 2.11 bits per heavy atom. The summed E-state index contributed by atoms with van der Waals surface area (Å²) in [6, 6.07) is 9.45. The SMILES string of the molecule is CCC(NC)c1ccc(-c2cc(Br)ccc2F)s1. The molecule has 0 bridgehead atoms. The molecule has 1 unspecified atom stereocenters. The van der Waals surface area contributed by atoms with Gasteiger partial charge >= 0.3 is 0 Å². The molecule has 4 heteroatoms. The summed E-state index contributed by atoms with van der Waals surface area (Å²) >= 11 is 5.03.